The van der Waals surface area contributed by atoms with Crippen molar-refractivity contribution in [3.63, 3.8) is 0 Å². The van der Waals surface area contributed by atoms with E-state index < -0.39 is 0 Å². The first kappa shape index (κ1) is 13.4. The summed E-state index contributed by atoms with van der Waals surface area (Å²) in [6.45, 7) is 6.01. The van der Waals surface area contributed by atoms with E-state index in [1.165, 1.54) is 32.3 Å². The van der Waals surface area contributed by atoms with Gasteiger partial charge in [-0.2, -0.15) is 0 Å². The highest BCUT2D eigenvalue weighted by Gasteiger charge is 2.03. The first-order valence-corrected chi connectivity index (χ1v) is 7.18. The molecule has 0 heterocycles. The van der Waals surface area contributed by atoms with E-state index in [0.717, 1.165) is 0 Å². The first-order chi connectivity index (χ1) is 10.3. The van der Waals surface area contributed by atoms with Gasteiger partial charge < -0.3 is 0 Å². The van der Waals surface area contributed by atoms with Crippen molar-refractivity contribution in [2.45, 2.75) is 6.92 Å². The fourth-order valence-electron chi connectivity index (χ4n) is 2.81. The second-order valence-corrected chi connectivity index (χ2v) is 5.14. The van der Waals surface area contributed by atoms with Crippen LogP contribution in [-0.4, -0.2) is 0 Å². The molecule has 0 N–H and O–H groups in total. The Hall–Kier alpha value is -2.60. The Morgan fingerprint density at radius 3 is 2.43 bits per heavy atom. The Morgan fingerprint density at radius 1 is 0.857 bits per heavy atom. The van der Waals surface area contributed by atoms with Gasteiger partial charge in [0.25, 0.3) is 0 Å². The summed E-state index contributed by atoms with van der Waals surface area (Å²) < 4.78 is 0. The number of benzene rings is 3. The highest BCUT2D eigenvalue weighted by atomic mass is 14.1. The van der Waals surface area contributed by atoms with Crippen LogP contribution in [0.3, 0.4) is 0 Å². The van der Waals surface area contributed by atoms with Crippen molar-refractivity contribution >= 4 is 22.4 Å². The predicted molar refractivity (Wildman–Crippen MR) is 92.5 cm³/mol. The normalized spacial score (nSPS) is 13.3. The third kappa shape index (κ3) is 2.53. The molecule has 0 aliphatic rings. The van der Waals surface area contributed by atoms with Crippen molar-refractivity contribution < 1.29 is 0 Å². The lowest BCUT2D eigenvalue weighted by Gasteiger charge is -2.07. The smallest absolute Gasteiger partial charge is 0.0109 e. The molecular formula is C21H18. The molecule has 0 saturated carbocycles. The summed E-state index contributed by atoms with van der Waals surface area (Å²) in [5.41, 5.74) is 2.58. The molecule has 0 heteroatoms. The highest BCUT2D eigenvalue weighted by Crippen LogP contribution is 2.22. The van der Waals surface area contributed by atoms with Crippen molar-refractivity contribution in [3.05, 3.63) is 95.4 Å². The summed E-state index contributed by atoms with van der Waals surface area (Å²) in [6.07, 6.45) is 3.90. The monoisotopic (exact) mass is 270 g/mol. The molecule has 0 atom stereocenters. The van der Waals surface area contributed by atoms with Crippen molar-refractivity contribution in [1.29, 1.82) is 0 Å². The van der Waals surface area contributed by atoms with Crippen LogP contribution in [0.25, 0.3) is 22.4 Å². The minimum Gasteiger partial charge on any atom is -0.0990 e. The van der Waals surface area contributed by atoms with E-state index in [1.807, 2.05) is 6.08 Å². The molecule has 21 heavy (non-hydrogen) atoms. The van der Waals surface area contributed by atoms with Crippen molar-refractivity contribution in [1.82, 2.24) is 0 Å². The van der Waals surface area contributed by atoms with Gasteiger partial charge in [0.05, 0.1) is 0 Å². The molecule has 0 spiro atoms. The zero-order valence-corrected chi connectivity index (χ0v) is 12.2. The molecular weight excluding hydrogens is 252 g/mol. The molecule has 0 aromatic heterocycles. The summed E-state index contributed by atoms with van der Waals surface area (Å²) in [5.74, 6) is 0. The Labute approximate surface area is 125 Å². The molecule has 3 aromatic carbocycles. The van der Waals surface area contributed by atoms with E-state index in [-0.39, 0.29) is 0 Å². The average molecular weight is 270 g/mol. The van der Waals surface area contributed by atoms with Gasteiger partial charge in [0.1, 0.15) is 0 Å². The van der Waals surface area contributed by atoms with E-state index in [2.05, 4.69) is 86.3 Å². The van der Waals surface area contributed by atoms with Crippen LogP contribution in [0, 0.1) is 0 Å². The minimum atomic E-state index is 1.21. The topological polar surface area (TPSA) is 0 Å². The Balaban J connectivity index is 2.41. The van der Waals surface area contributed by atoms with E-state index in [0.29, 0.717) is 0 Å². The summed E-state index contributed by atoms with van der Waals surface area (Å²) >= 11 is 0. The molecule has 3 aromatic rings. The van der Waals surface area contributed by atoms with Gasteiger partial charge in [0.2, 0.25) is 0 Å². The number of hydrogen-bond donors (Lipinski definition) is 0. The SMILES string of the molecule is C=C/C=c1/cccc/c1=C(/C)c1cccc2ccccc12. The number of rotatable bonds is 2. The van der Waals surface area contributed by atoms with Gasteiger partial charge in [-0.3, -0.25) is 0 Å². The van der Waals surface area contributed by atoms with Crippen LogP contribution in [0.15, 0.2) is 79.4 Å². The molecule has 0 aliphatic heterocycles. The maximum absolute atomic E-state index is 3.81. The van der Waals surface area contributed by atoms with Crippen molar-refractivity contribution in [2.24, 2.45) is 0 Å². The number of fused-ring (bicyclic) bond motifs is 1. The predicted octanol–water partition coefficient (Wildman–Crippen LogP) is 4.03. The first-order valence-electron chi connectivity index (χ1n) is 7.18. The van der Waals surface area contributed by atoms with E-state index in [9.17, 15) is 0 Å². The van der Waals surface area contributed by atoms with Crippen molar-refractivity contribution in [3.8, 4) is 0 Å². The van der Waals surface area contributed by atoms with Crippen LogP contribution >= 0.6 is 0 Å². The molecule has 3 rings (SSSR count). The van der Waals surface area contributed by atoms with E-state index >= 15 is 0 Å². The van der Waals surface area contributed by atoms with Gasteiger partial charge in [-0.25, -0.2) is 0 Å². The maximum Gasteiger partial charge on any atom is -0.0109 e. The Bertz CT molecular complexity index is 909. The summed E-state index contributed by atoms with van der Waals surface area (Å²) in [6, 6.07) is 23.5. The third-order valence-corrected chi connectivity index (χ3v) is 3.86. The van der Waals surface area contributed by atoms with Crippen LogP contribution in [0.1, 0.15) is 12.5 Å². The molecule has 0 aliphatic carbocycles. The maximum atomic E-state index is 3.81. The summed E-state index contributed by atoms with van der Waals surface area (Å²) in [5, 5.41) is 5.04. The molecule has 0 saturated heterocycles. The van der Waals surface area contributed by atoms with Crippen molar-refractivity contribution in [2.75, 3.05) is 0 Å². The molecule has 0 amide bonds. The fraction of sp³-hybridized carbons (Fsp3) is 0.0476. The second-order valence-electron chi connectivity index (χ2n) is 5.14. The zero-order valence-electron chi connectivity index (χ0n) is 12.2. The molecule has 0 unspecified atom stereocenters. The van der Waals surface area contributed by atoms with Gasteiger partial charge in [-0.1, -0.05) is 85.5 Å². The summed E-state index contributed by atoms with van der Waals surface area (Å²) in [4.78, 5) is 0. The average Bonchev–Trinajstić information content (AvgIpc) is 2.54. The lowest BCUT2D eigenvalue weighted by molar-refractivity contribution is 1.45. The lowest BCUT2D eigenvalue weighted by atomic mass is 9.97. The molecule has 0 fully saturated rings. The van der Waals surface area contributed by atoms with Crippen LogP contribution in [0.5, 0.6) is 0 Å². The number of allylic oxidation sites excluding steroid dienone is 1. The quantitative estimate of drug-likeness (QED) is 0.659. The van der Waals surface area contributed by atoms with Crippen LogP contribution in [0.4, 0.5) is 0 Å². The molecule has 0 radical (unpaired) electrons. The van der Waals surface area contributed by atoms with Crippen LogP contribution < -0.4 is 10.4 Å². The van der Waals surface area contributed by atoms with Gasteiger partial charge in [0, 0.05) is 0 Å². The zero-order chi connectivity index (χ0) is 14.7. The highest BCUT2D eigenvalue weighted by molar-refractivity contribution is 5.93. The molecule has 0 bridgehead atoms. The van der Waals surface area contributed by atoms with E-state index in [4.69, 9.17) is 0 Å². The molecule has 0 nitrogen and oxygen atoms in total. The lowest BCUT2D eigenvalue weighted by Crippen LogP contribution is -2.25. The standard InChI is InChI=1S/C21H18/c1-3-9-17-10-4-6-13-19(17)16(2)20-15-8-12-18-11-5-7-14-21(18)20/h3-15H,1H2,2H3/b17-9-,19-16+. The summed E-state index contributed by atoms with van der Waals surface area (Å²) in [7, 11) is 0. The second kappa shape index (κ2) is 5.80. The van der Waals surface area contributed by atoms with E-state index in [1.54, 1.807) is 0 Å². The minimum absolute atomic E-state index is 1.21. The fourth-order valence-corrected chi connectivity index (χ4v) is 2.81. The van der Waals surface area contributed by atoms with Gasteiger partial charge >= 0.3 is 0 Å². The Kier molecular flexibility index (Phi) is 3.70. The number of hydrogen-bond acceptors (Lipinski definition) is 0. The van der Waals surface area contributed by atoms with Crippen LogP contribution in [-0.2, 0) is 0 Å². The van der Waals surface area contributed by atoms with Gasteiger partial charge in [0.15, 0.2) is 0 Å². The van der Waals surface area contributed by atoms with Crippen LogP contribution in [0.2, 0.25) is 0 Å². The Morgan fingerprint density at radius 2 is 1.57 bits per heavy atom. The largest absolute Gasteiger partial charge is 0.0990 e. The molecule has 102 valence electrons. The van der Waals surface area contributed by atoms with Gasteiger partial charge in [-0.15, -0.1) is 0 Å². The third-order valence-electron chi connectivity index (χ3n) is 3.86. The van der Waals surface area contributed by atoms with Gasteiger partial charge in [-0.05, 0) is 39.3 Å².